The van der Waals surface area contributed by atoms with Crippen LogP contribution in [0.5, 0.6) is 0 Å². The van der Waals surface area contributed by atoms with Crippen LogP contribution in [-0.2, 0) is 4.79 Å². The van der Waals surface area contributed by atoms with E-state index in [9.17, 15) is 4.79 Å². The molecule has 1 aliphatic heterocycles. The molecular weight excluding hydrogens is 375 g/mol. The first-order chi connectivity index (χ1) is 12.5. The van der Waals surface area contributed by atoms with Gasteiger partial charge in [-0.3, -0.25) is 9.79 Å². The Morgan fingerprint density at radius 3 is 2.42 bits per heavy atom. The number of nitrogens with zero attached hydrogens (tertiary/aromatic N) is 1. The van der Waals surface area contributed by atoms with Gasteiger partial charge in [-0.15, -0.1) is 0 Å². The molecule has 0 atom stereocenters. The maximum absolute atomic E-state index is 10.6. The van der Waals surface area contributed by atoms with E-state index in [2.05, 4.69) is 15.6 Å². The first-order valence-electron chi connectivity index (χ1n) is 8.87. The summed E-state index contributed by atoms with van der Waals surface area (Å²) < 4.78 is 0. The largest absolute Gasteiger partial charge is 0.481 e. The molecule has 0 radical (unpaired) electrons. The molecule has 0 spiro atoms. The van der Waals surface area contributed by atoms with Crippen molar-refractivity contribution >= 4 is 40.8 Å². The van der Waals surface area contributed by atoms with Gasteiger partial charge in [0.1, 0.15) is 0 Å². The summed E-state index contributed by atoms with van der Waals surface area (Å²) in [4.78, 5) is 14.8. The van der Waals surface area contributed by atoms with Crippen molar-refractivity contribution in [2.75, 3.05) is 25.0 Å². The molecule has 0 saturated heterocycles. The van der Waals surface area contributed by atoms with Crippen molar-refractivity contribution in [2.24, 2.45) is 16.1 Å². The molecule has 0 unspecified atom stereocenters. The monoisotopic (exact) mass is 400 g/mol. The number of carbonyl (C=O) groups is 1. The van der Waals surface area contributed by atoms with Crippen LogP contribution in [0.25, 0.3) is 0 Å². The van der Waals surface area contributed by atoms with E-state index in [-0.39, 0.29) is 11.8 Å². The maximum atomic E-state index is 10.6. The number of para-hydroxylation sites is 1. The molecule has 1 heterocycles. The molecule has 1 aromatic carbocycles. The number of halogens is 2. The van der Waals surface area contributed by atoms with E-state index in [0.717, 1.165) is 44.7 Å². The second-order valence-electron chi connectivity index (χ2n) is 6.71. The number of anilines is 1. The number of aliphatic imine (C=N–C) groups is 1. The van der Waals surface area contributed by atoms with Crippen molar-refractivity contribution in [3.8, 4) is 0 Å². The minimum Gasteiger partial charge on any atom is -0.481 e. The highest BCUT2D eigenvalue weighted by Gasteiger charge is 2.32. The van der Waals surface area contributed by atoms with Crippen LogP contribution in [0.3, 0.4) is 0 Å². The molecule has 6 nitrogen and oxygen atoms in total. The van der Waals surface area contributed by atoms with Crippen LogP contribution in [0, 0.1) is 5.41 Å². The molecular formula is C18H26Cl2N4O2. The second-order valence-corrected chi connectivity index (χ2v) is 7.53. The number of guanidine groups is 1. The Hall–Kier alpha value is -1.50. The number of hydrogen-bond donors (Lipinski definition) is 4. The van der Waals surface area contributed by atoms with E-state index in [1.807, 2.05) is 0 Å². The van der Waals surface area contributed by atoms with Crippen LogP contribution < -0.4 is 16.4 Å². The molecule has 0 aromatic heterocycles. The van der Waals surface area contributed by atoms with E-state index < -0.39 is 5.97 Å². The predicted octanol–water partition coefficient (Wildman–Crippen LogP) is 3.73. The van der Waals surface area contributed by atoms with E-state index in [4.69, 9.17) is 34.0 Å². The number of aliphatic carboxylic acids is 1. The van der Waals surface area contributed by atoms with Crippen molar-refractivity contribution in [1.29, 1.82) is 0 Å². The number of benzene rings is 1. The molecule has 5 N–H and O–H groups in total. The van der Waals surface area contributed by atoms with Gasteiger partial charge in [-0.2, -0.15) is 0 Å². The SMILES string of the molecule is Clc1cccc(Cl)c1NC1=NCCN1.NCC1(CC(=O)O)CCCCC1. The van der Waals surface area contributed by atoms with Crippen LogP contribution in [0.4, 0.5) is 5.69 Å². The van der Waals surface area contributed by atoms with Gasteiger partial charge in [0, 0.05) is 6.54 Å². The Balaban J connectivity index is 0.000000190. The highest BCUT2D eigenvalue weighted by molar-refractivity contribution is 6.39. The fourth-order valence-electron chi connectivity index (χ4n) is 3.29. The third-order valence-corrected chi connectivity index (χ3v) is 5.38. The molecule has 144 valence electrons. The average Bonchev–Trinajstić information content (AvgIpc) is 3.12. The van der Waals surface area contributed by atoms with Gasteiger partial charge in [0.25, 0.3) is 0 Å². The Morgan fingerprint density at radius 2 is 1.92 bits per heavy atom. The number of nitrogens with one attached hydrogen (secondary N) is 2. The highest BCUT2D eigenvalue weighted by atomic mass is 35.5. The number of hydrogen-bond acceptors (Lipinski definition) is 5. The number of nitrogens with two attached hydrogens (primary N) is 1. The smallest absolute Gasteiger partial charge is 0.303 e. The lowest BCUT2D eigenvalue weighted by Gasteiger charge is -2.34. The second kappa shape index (κ2) is 10.00. The molecule has 0 bridgehead atoms. The highest BCUT2D eigenvalue weighted by Crippen LogP contribution is 2.38. The molecule has 26 heavy (non-hydrogen) atoms. The summed E-state index contributed by atoms with van der Waals surface area (Å²) >= 11 is 12.0. The van der Waals surface area contributed by atoms with Gasteiger partial charge in [-0.25, -0.2) is 0 Å². The van der Waals surface area contributed by atoms with E-state index in [1.54, 1.807) is 18.2 Å². The lowest BCUT2D eigenvalue weighted by molar-refractivity contribution is -0.140. The standard InChI is InChI=1S/C9H9Cl2N3.C9H17NO2/c10-6-2-1-3-7(11)8(6)14-9-12-4-5-13-9;10-7-9(6-8(11)12)4-2-1-3-5-9/h1-3H,4-5H2,(H2,12,13,14);1-7,10H2,(H,11,12). The summed E-state index contributed by atoms with van der Waals surface area (Å²) in [6.45, 7) is 2.16. The van der Waals surface area contributed by atoms with Crippen molar-refractivity contribution in [2.45, 2.75) is 38.5 Å². The Bertz CT molecular complexity index is 626. The van der Waals surface area contributed by atoms with Gasteiger partial charge < -0.3 is 21.5 Å². The molecule has 3 rings (SSSR count). The summed E-state index contributed by atoms with van der Waals surface area (Å²) in [5.41, 5.74) is 6.24. The fourth-order valence-corrected chi connectivity index (χ4v) is 3.78. The molecule has 8 heteroatoms. The third kappa shape index (κ3) is 6.04. The topological polar surface area (TPSA) is 99.7 Å². The van der Waals surface area contributed by atoms with Crippen molar-refractivity contribution in [1.82, 2.24) is 5.32 Å². The summed E-state index contributed by atoms with van der Waals surface area (Å²) in [6.07, 6.45) is 5.77. The number of carboxylic acid groups (broad SMARTS) is 1. The first-order valence-corrected chi connectivity index (χ1v) is 9.63. The van der Waals surface area contributed by atoms with Gasteiger partial charge in [-0.1, -0.05) is 48.5 Å². The van der Waals surface area contributed by atoms with Crippen molar-refractivity contribution < 1.29 is 9.90 Å². The summed E-state index contributed by atoms with van der Waals surface area (Å²) in [7, 11) is 0. The van der Waals surface area contributed by atoms with Crippen molar-refractivity contribution in [3.63, 3.8) is 0 Å². The van der Waals surface area contributed by atoms with Gasteiger partial charge in [-0.05, 0) is 36.9 Å². The zero-order valence-corrected chi connectivity index (χ0v) is 16.2. The molecule has 1 aromatic rings. The molecule has 1 fully saturated rings. The van der Waals surface area contributed by atoms with Gasteiger partial charge in [0.15, 0.2) is 5.96 Å². The third-order valence-electron chi connectivity index (χ3n) is 4.75. The molecule has 1 saturated carbocycles. The zero-order chi connectivity index (χ0) is 19.0. The number of rotatable bonds is 4. The first kappa shape index (κ1) is 20.8. The van der Waals surface area contributed by atoms with Crippen LogP contribution in [0.2, 0.25) is 10.0 Å². The lowest BCUT2D eigenvalue weighted by Crippen LogP contribution is -2.34. The summed E-state index contributed by atoms with van der Waals surface area (Å²) in [5.74, 6) is 0.0161. The van der Waals surface area contributed by atoms with Crippen LogP contribution in [0.15, 0.2) is 23.2 Å². The average molecular weight is 401 g/mol. The van der Waals surface area contributed by atoms with Crippen LogP contribution >= 0.6 is 23.2 Å². The Morgan fingerprint density at radius 1 is 1.27 bits per heavy atom. The fraction of sp³-hybridized carbons (Fsp3) is 0.556. The van der Waals surface area contributed by atoms with E-state index in [0.29, 0.717) is 22.3 Å². The van der Waals surface area contributed by atoms with Crippen molar-refractivity contribution in [3.05, 3.63) is 28.2 Å². The van der Waals surface area contributed by atoms with Gasteiger partial charge in [0.05, 0.1) is 28.7 Å². The lowest BCUT2D eigenvalue weighted by atomic mass is 9.72. The minimum atomic E-state index is -0.706. The summed E-state index contributed by atoms with van der Waals surface area (Å²) in [5, 5.41) is 16.0. The van der Waals surface area contributed by atoms with E-state index >= 15 is 0 Å². The van der Waals surface area contributed by atoms with E-state index in [1.165, 1.54) is 6.42 Å². The number of carboxylic acids is 1. The Kier molecular flexibility index (Phi) is 8.00. The Labute approximate surface area is 164 Å². The van der Waals surface area contributed by atoms with Gasteiger partial charge >= 0.3 is 5.97 Å². The van der Waals surface area contributed by atoms with Crippen LogP contribution in [-0.4, -0.2) is 36.7 Å². The molecule has 2 aliphatic rings. The zero-order valence-electron chi connectivity index (χ0n) is 14.7. The predicted molar refractivity (Wildman–Crippen MR) is 107 cm³/mol. The summed E-state index contributed by atoms with van der Waals surface area (Å²) in [6, 6.07) is 5.37. The molecule has 1 aliphatic carbocycles. The maximum Gasteiger partial charge on any atom is 0.303 e. The quantitative estimate of drug-likeness (QED) is 0.616. The normalized spacial score (nSPS) is 18.2. The minimum absolute atomic E-state index is 0.0793. The molecule has 0 amide bonds. The van der Waals surface area contributed by atoms with Gasteiger partial charge in [0.2, 0.25) is 0 Å². The van der Waals surface area contributed by atoms with Crippen LogP contribution in [0.1, 0.15) is 38.5 Å².